The topological polar surface area (TPSA) is 136 Å². The number of nitrogens with zero attached hydrogens (tertiary/aromatic N) is 7. The van der Waals surface area contributed by atoms with E-state index in [1.807, 2.05) is 16.0 Å². The van der Waals surface area contributed by atoms with Gasteiger partial charge in [-0.3, -0.25) is 14.5 Å². The molecule has 0 aliphatic carbocycles. The molecule has 1 aromatic carbocycles. The van der Waals surface area contributed by atoms with Crippen LogP contribution in [-0.4, -0.2) is 109 Å². The average molecular weight is 581 g/mol. The van der Waals surface area contributed by atoms with Gasteiger partial charge in [-0.1, -0.05) is 0 Å². The van der Waals surface area contributed by atoms with Gasteiger partial charge in [0.1, 0.15) is 24.4 Å². The van der Waals surface area contributed by atoms with Crippen LogP contribution in [0.4, 0.5) is 20.6 Å². The number of amides is 3. The number of benzene rings is 1. The van der Waals surface area contributed by atoms with E-state index in [0.29, 0.717) is 43.3 Å². The van der Waals surface area contributed by atoms with Gasteiger partial charge in [-0.2, -0.15) is 0 Å². The van der Waals surface area contributed by atoms with E-state index in [-0.39, 0.29) is 43.7 Å². The first-order chi connectivity index (χ1) is 20.4. The van der Waals surface area contributed by atoms with E-state index in [0.717, 1.165) is 0 Å². The normalized spacial score (nSPS) is 21.4. The van der Waals surface area contributed by atoms with Crippen LogP contribution in [0.1, 0.15) is 0 Å². The standard InChI is InChI=1S/C27H29FN8O6/c1-32-22(16-35-7-2-6-29-26(32)35)25(38)30-14-24(37)34-10-8-33(9-11-34)21-4-3-18(13-20(21)28)36-15-19(42-27(36)39)17-40-23-5-12-41-31-23/h2-7,12-13,16,19,26H,8-11,14-15,17H2,1H3,(H,30,38). The third-order valence-electron chi connectivity index (χ3n) is 7.38. The van der Waals surface area contributed by atoms with E-state index in [9.17, 15) is 14.4 Å². The molecule has 4 aliphatic heterocycles. The summed E-state index contributed by atoms with van der Waals surface area (Å²) in [5.41, 5.74) is 1.16. The van der Waals surface area contributed by atoms with Crippen LogP contribution in [0.15, 0.2) is 64.2 Å². The molecule has 6 rings (SSSR count). The third-order valence-corrected chi connectivity index (χ3v) is 7.38. The number of aliphatic imine (C=N–C) groups is 1. The number of aromatic nitrogens is 1. The smallest absolute Gasteiger partial charge is 0.414 e. The first-order valence-corrected chi connectivity index (χ1v) is 13.4. The molecule has 220 valence electrons. The maximum absolute atomic E-state index is 15.2. The number of allylic oxidation sites excluding steroid dienone is 1. The Labute approximate surface area is 240 Å². The molecule has 2 atom stereocenters. The maximum Gasteiger partial charge on any atom is 0.414 e. The maximum atomic E-state index is 15.2. The fraction of sp³-hybridized carbons (Fsp3) is 0.370. The van der Waals surface area contributed by atoms with E-state index in [1.54, 1.807) is 53.5 Å². The number of ether oxygens (including phenoxy) is 2. The van der Waals surface area contributed by atoms with Crippen LogP contribution in [0.25, 0.3) is 0 Å². The van der Waals surface area contributed by atoms with Gasteiger partial charge in [-0.25, -0.2) is 14.2 Å². The van der Waals surface area contributed by atoms with Gasteiger partial charge in [0.2, 0.25) is 12.2 Å². The first-order valence-electron chi connectivity index (χ1n) is 13.4. The van der Waals surface area contributed by atoms with Crippen molar-refractivity contribution in [2.75, 3.05) is 62.7 Å². The molecule has 2 fully saturated rings. The van der Waals surface area contributed by atoms with Crippen molar-refractivity contribution in [3.63, 3.8) is 0 Å². The Bertz CT molecular complexity index is 1440. The highest BCUT2D eigenvalue weighted by atomic mass is 19.1. The lowest BCUT2D eigenvalue weighted by atomic mass is 10.2. The van der Waals surface area contributed by atoms with Crippen LogP contribution < -0.4 is 19.9 Å². The fourth-order valence-corrected chi connectivity index (χ4v) is 5.15. The zero-order chi connectivity index (χ0) is 29.2. The zero-order valence-electron chi connectivity index (χ0n) is 22.8. The monoisotopic (exact) mass is 580 g/mol. The highest BCUT2D eigenvalue weighted by molar-refractivity contribution is 5.96. The molecule has 0 radical (unpaired) electrons. The molecular formula is C27H29FN8O6. The predicted octanol–water partition coefficient (Wildman–Crippen LogP) is 0.953. The largest absolute Gasteiger partial charge is 0.471 e. The lowest BCUT2D eigenvalue weighted by Gasteiger charge is -2.36. The van der Waals surface area contributed by atoms with Gasteiger partial charge in [0.05, 0.1) is 24.5 Å². The molecular weight excluding hydrogens is 551 g/mol. The minimum absolute atomic E-state index is 0.0860. The van der Waals surface area contributed by atoms with Crippen molar-refractivity contribution in [3.8, 4) is 5.88 Å². The molecule has 4 aliphatic rings. The lowest BCUT2D eigenvalue weighted by Crippen LogP contribution is -2.51. The number of rotatable bonds is 8. The SMILES string of the molecule is CN1C(C(=O)NCC(=O)N2CCN(c3ccc(N4CC(COc5ccon5)OC4=O)cc3F)CC2)=CN2C=CC=NC21. The number of cyclic esters (lactones) is 1. The molecule has 3 amide bonds. The van der Waals surface area contributed by atoms with E-state index in [4.69, 9.17) is 14.0 Å². The van der Waals surface area contributed by atoms with E-state index in [1.165, 1.54) is 17.2 Å². The molecule has 2 unspecified atom stereocenters. The summed E-state index contributed by atoms with van der Waals surface area (Å²) < 4.78 is 30.6. The molecule has 1 aromatic heterocycles. The summed E-state index contributed by atoms with van der Waals surface area (Å²) in [6.45, 7) is 1.72. The van der Waals surface area contributed by atoms with Gasteiger partial charge < -0.3 is 38.9 Å². The number of nitrogens with one attached hydrogen (secondary N) is 1. The van der Waals surface area contributed by atoms with Crippen molar-refractivity contribution in [2.45, 2.75) is 12.4 Å². The molecule has 0 bridgehead atoms. The average Bonchev–Trinajstić information content (AvgIpc) is 3.74. The number of fused-ring (bicyclic) bond motifs is 1. The van der Waals surface area contributed by atoms with Gasteiger partial charge in [0.15, 0.2) is 6.10 Å². The summed E-state index contributed by atoms with van der Waals surface area (Å²) in [7, 11) is 1.77. The summed E-state index contributed by atoms with van der Waals surface area (Å²) in [6, 6.07) is 6.12. The molecule has 14 nitrogen and oxygen atoms in total. The third kappa shape index (κ3) is 5.44. The summed E-state index contributed by atoms with van der Waals surface area (Å²) in [6.07, 6.45) is 6.90. The Kier molecular flexibility index (Phi) is 7.37. The van der Waals surface area contributed by atoms with Crippen molar-refractivity contribution in [1.29, 1.82) is 0 Å². The van der Waals surface area contributed by atoms with Gasteiger partial charge in [0.25, 0.3) is 11.8 Å². The second kappa shape index (κ2) is 11.4. The molecule has 0 spiro atoms. The van der Waals surface area contributed by atoms with Crippen LogP contribution in [0.5, 0.6) is 5.88 Å². The van der Waals surface area contributed by atoms with Crippen molar-refractivity contribution in [3.05, 3.63) is 60.5 Å². The quantitative estimate of drug-likeness (QED) is 0.481. The summed E-state index contributed by atoms with van der Waals surface area (Å²) in [4.78, 5) is 50.6. The van der Waals surface area contributed by atoms with E-state index in [2.05, 4.69) is 15.5 Å². The number of carbonyl (C=O) groups is 3. The molecule has 0 saturated carbocycles. The first kappa shape index (κ1) is 27.1. The van der Waals surface area contributed by atoms with Gasteiger partial charge in [-0.05, 0) is 29.4 Å². The number of hydrogen-bond donors (Lipinski definition) is 1. The lowest BCUT2D eigenvalue weighted by molar-refractivity contribution is -0.132. The highest BCUT2D eigenvalue weighted by Crippen LogP contribution is 2.29. The van der Waals surface area contributed by atoms with Crippen molar-refractivity contribution in [1.82, 2.24) is 25.2 Å². The van der Waals surface area contributed by atoms with Crippen LogP contribution >= 0.6 is 0 Å². The number of hydrogen-bond acceptors (Lipinski definition) is 11. The molecule has 42 heavy (non-hydrogen) atoms. The Morgan fingerprint density at radius 2 is 2.02 bits per heavy atom. The Hall–Kier alpha value is -5.08. The molecule has 2 saturated heterocycles. The Morgan fingerprint density at radius 3 is 2.76 bits per heavy atom. The summed E-state index contributed by atoms with van der Waals surface area (Å²) in [5, 5.41) is 6.34. The number of piperazine rings is 1. The molecule has 5 heterocycles. The van der Waals surface area contributed by atoms with Crippen LogP contribution in [-0.2, 0) is 14.3 Å². The van der Waals surface area contributed by atoms with Crippen LogP contribution in [0.3, 0.4) is 0 Å². The number of halogens is 1. The van der Waals surface area contributed by atoms with Crippen LogP contribution in [0, 0.1) is 5.82 Å². The second-order valence-electron chi connectivity index (χ2n) is 10.0. The van der Waals surface area contributed by atoms with Crippen molar-refractivity contribution in [2.24, 2.45) is 4.99 Å². The minimum atomic E-state index is -0.591. The Morgan fingerprint density at radius 1 is 1.19 bits per heavy atom. The van der Waals surface area contributed by atoms with Crippen molar-refractivity contribution < 1.29 is 32.8 Å². The summed E-state index contributed by atoms with van der Waals surface area (Å²) in [5.74, 6) is -0.783. The molecule has 1 N–H and O–H groups in total. The van der Waals surface area contributed by atoms with E-state index < -0.39 is 18.0 Å². The summed E-state index contributed by atoms with van der Waals surface area (Å²) >= 11 is 0. The molecule has 15 heteroatoms. The molecule has 2 aromatic rings. The minimum Gasteiger partial charge on any atom is -0.471 e. The second-order valence-corrected chi connectivity index (χ2v) is 10.0. The highest BCUT2D eigenvalue weighted by Gasteiger charge is 2.35. The van der Waals surface area contributed by atoms with Gasteiger partial charge >= 0.3 is 6.09 Å². The van der Waals surface area contributed by atoms with Gasteiger partial charge in [0, 0.05) is 57.9 Å². The number of likely N-dealkylation sites (N-methyl/N-ethyl adjacent to an activating group) is 1. The fourth-order valence-electron chi connectivity index (χ4n) is 5.15. The van der Waals surface area contributed by atoms with E-state index >= 15 is 4.39 Å². The van der Waals surface area contributed by atoms with Crippen molar-refractivity contribution >= 4 is 35.5 Å². The number of carbonyl (C=O) groups excluding carboxylic acids is 3. The van der Waals surface area contributed by atoms with Crippen LogP contribution in [0.2, 0.25) is 0 Å². The van der Waals surface area contributed by atoms with Gasteiger partial charge in [-0.15, -0.1) is 0 Å². The predicted molar refractivity (Wildman–Crippen MR) is 147 cm³/mol. The number of anilines is 2. The zero-order valence-corrected chi connectivity index (χ0v) is 22.8. The Balaban J connectivity index is 0.980.